The smallest absolute Gasteiger partial charge is 0.0707 e. The monoisotopic (exact) mass is 274 g/mol. The van der Waals surface area contributed by atoms with Crippen LogP contribution < -0.4 is 5.32 Å². The Kier molecular flexibility index (Phi) is 4.39. The summed E-state index contributed by atoms with van der Waals surface area (Å²) in [5.74, 6) is 0. The third-order valence-electron chi connectivity index (χ3n) is 4.49. The lowest BCUT2D eigenvalue weighted by Crippen LogP contribution is -2.46. The molecule has 0 amide bonds. The molecule has 0 aliphatic carbocycles. The summed E-state index contributed by atoms with van der Waals surface area (Å²) in [5.41, 5.74) is 2.73. The molecule has 0 radical (unpaired) electrons. The largest absolute Gasteiger partial charge is 0.372 e. The van der Waals surface area contributed by atoms with Gasteiger partial charge in [0.25, 0.3) is 0 Å². The molecule has 1 aromatic rings. The topological polar surface area (TPSA) is 24.5 Å². The number of likely N-dealkylation sites (N-methyl/N-ethyl adjacent to an activating group) is 1. The van der Waals surface area contributed by atoms with Gasteiger partial charge in [0, 0.05) is 25.7 Å². The molecule has 1 aromatic carbocycles. The van der Waals surface area contributed by atoms with Crippen molar-refractivity contribution in [2.75, 3.05) is 26.2 Å². The molecule has 3 rings (SSSR count). The number of benzene rings is 1. The molecule has 3 heteroatoms. The Morgan fingerprint density at radius 3 is 2.45 bits per heavy atom. The van der Waals surface area contributed by atoms with Gasteiger partial charge in [-0.05, 0) is 31.9 Å². The van der Waals surface area contributed by atoms with Gasteiger partial charge in [-0.1, -0.05) is 36.8 Å². The predicted molar refractivity (Wildman–Crippen MR) is 81.9 cm³/mol. The van der Waals surface area contributed by atoms with Crippen molar-refractivity contribution in [3.8, 4) is 0 Å². The van der Waals surface area contributed by atoms with E-state index < -0.39 is 0 Å². The first-order chi connectivity index (χ1) is 9.74. The van der Waals surface area contributed by atoms with E-state index in [1.54, 1.807) is 0 Å². The highest BCUT2D eigenvalue weighted by Crippen LogP contribution is 2.27. The highest BCUT2D eigenvalue weighted by atomic mass is 16.5. The molecule has 0 aromatic heterocycles. The zero-order valence-electron chi connectivity index (χ0n) is 12.6. The standard InChI is InChI=1S/C17H26N2O/c1-3-18-17(14-6-4-13(2)5-7-14)12-19-10-15-8-9-16(11-19)20-15/h4-7,15-18H,3,8-12H2,1-2H3. The molecule has 110 valence electrons. The zero-order chi connectivity index (χ0) is 13.9. The molecule has 3 nitrogen and oxygen atoms in total. The third-order valence-corrected chi connectivity index (χ3v) is 4.49. The zero-order valence-corrected chi connectivity index (χ0v) is 12.6. The molecule has 2 aliphatic heterocycles. The molecule has 3 atom stereocenters. The van der Waals surface area contributed by atoms with Gasteiger partial charge in [0.05, 0.1) is 12.2 Å². The molecule has 2 bridgehead atoms. The van der Waals surface area contributed by atoms with Crippen LogP contribution in [0.5, 0.6) is 0 Å². The van der Waals surface area contributed by atoms with E-state index in [0.717, 1.165) is 26.2 Å². The van der Waals surface area contributed by atoms with Crippen molar-refractivity contribution in [2.45, 2.75) is 44.9 Å². The van der Waals surface area contributed by atoms with E-state index >= 15 is 0 Å². The number of ether oxygens (including phenoxy) is 1. The van der Waals surface area contributed by atoms with Gasteiger partial charge in [0.1, 0.15) is 0 Å². The molecule has 2 aliphatic rings. The number of hydrogen-bond acceptors (Lipinski definition) is 3. The Labute approximate surface area is 122 Å². The van der Waals surface area contributed by atoms with E-state index in [-0.39, 0.29) is 0 Å². The van der Waals surface area contributed by atoms with E-state index in [1.807, 2.05) is 0 Å². The van der Waals surface area contributed by atoms with Crippen molar-refractivity contribution in [1.29, 1.82) is 0 Å². The maximum Gasteiger partial charge on any atom is 0.0707 e. The fraction of sp³-hybridized carbons (Fsp3) is 0.647. The van der Waals surface area contributed by atoms with E-state index in [0.29, 0.717) is 18.2 Å². The van der Waals surface area contributed by atoms with Gasteiger partial charge < -0.3 is 10.1 Å². The normalized spacial score (nSPS) is 27.7. The van der Waals surface area contributed by atoms with Gasteiger partial charge in [-0.2, -0.15) is 0 Å². The molecule has 0 saturated carbocycles. The van der Waals surface area contributed by atoms with Crippen molar-refractivity contribution in [1.82, 2.24) is 10.2 Å². The minimum Gasteiger partial charge on any atom is -0.372 e. The maximum absolute atomic E-state index is 5.93. The number of fused-ring (bicyclic) bond motifs is 2. The fourth-order valence-corrected chi connectivity index (χ4v) is 3.44. The quantitative estimate of drug-likeness (QED) is 0.893. The Morgan fingerprint density at radius 1 is 1.20 bits per heavy atom. The summed E-state index contributed by atoms with van der Waals surface area (Å²) in [5, 5.41) is 3.63. The van der Waals surface area contributed by atoms with E-state index in [4.69, 9.17) is 4.74 Å². The molecule has 2 saturated heterocycles. The van der Waals surface area contributed by atoms with E-state index in [1.165, 1.54) is 24.0 Å². The van der Waals surface area contributed by atoms with Crippen molar-refractivity contribution in [3.63, 3.8) is 0 Å². The number of nitrogens with zero attached hydrogens (tertiary/aromatic N) is 1. The summed E-state index contributed by atoms with van der Waals surface area (Å²) < 4.78 is 5.93. The van der Waals surface area contributed by atoms with Crippen LogP contribution in [0.3, 0.4) is 0 Å². The second-order valence-corrected chi connectivity index (χ2v) is 6.20. The highest BCUT2D eigenvalue weighted by Gasteiger charge is 2.34. The van der Waals surface area contributed by atoms with E-state index in [2.05, 4.69) is 48.3 Å². The third kappa shape index (κ3) is 3.22. The molecule has 0 spiro atoms. The van der Waals surface area contributed by atoms with Crippen molar-refractivity contribution >= 4 is 0 Å². The van der Waals surface area contributed by atoms with Crippen molar-refractivity contribution < 1.29 is 4.74 Å². The Balaban J connectivity index is 1.66. The second-order valence-electron chi connectivity index (χ2n) is 6.20. The molecular weight excluding hydrogens is 248 g/mol. The summed E-state index contributed by atoms with van der Waals surface area (Å²) >= 11 is 0. The van der Waals surface area contributed by atoms with Gasteiger partial charge in [-0.15, -0.1) is 0 Å². The first-order valence-electron chi connectivity index (χ1n) is 7.92. The fourth-order valence-electron chi connectivity index (χ4n) is 3.44. The van der Waals surface area contributed by atoms with Gasteiger partial charge in [-0.3, -0.25) is 4.90 Å². The van der Waals surface area contributed by atoms with Crippen LogP contribution in [0.2, 0.25) is 0 Å². The number of hydrogen-bond donors (Lipinski definition) is 1. The van der Waals surface area contributed by atoms with Gasteiger partial charge in [0.15, 0.2) is 0 Å². The van der Waals surface area contributed by atoms with Crippen LogP contribution in [0, 0.1) is 6.92 Å². The van der Waals surface area contributed by atoms with Crippen LogP contribution >= 0.6 is 0 Å². The number of rotatable bonds is 5. The first kappa shape index (κ1) is 14.1. The highest BCUT2D eigenvalue weighted by molar-refractivity contribution is 5.24. The maximum atomic E-state index is 5.93. The minimum absolute atomic E-state index is 0.429. The number of nitrogens with one attached hydrogen (secondary N) is 1. The van der Waals surface area contributed by atoms with Gasteiger partial charge >= 0.3 is 0 Å². The Bertz CT molecular complexity index is 419. The summed E-state index contributed by atoms with van der Waals surface area (Å²) in [4.78, 5) is 2.58. The number of morpholine rings is 1. The van der Waals surface area contributed by atoms with Gasteiger partial charge in [-0.25, -0.2) is 0 Å². The predicted octanol–water partition coefficient (Wildman–Crippen LogP) is 2.51. The molecule has 1 N–H and O–H groups in total. The first-order valence-corrected chi connectivity index (χ1v) is 7.92. The average Bonchev–Trinajstić information content (AvgIpc) is 2.78. The Morgan fingerprint density at radius 2 is 1.85 bits per heavy atom. The second kappa shape index (κ2) is 6.25. The van der Waals surface area contributed by atoms with Crippen LogP contribution in [-0.2, 0) is 4.74 Å². The molecule has 2 fully saturated rings. The van der Waals surface area contributed by atoms with Crippen LogP contribution in [0.1, 0.15) is 36.9 Å². The number of aryl methyl sites for hydroxylation is 1. The lowest BCUT2D eigenvalue weighted by Gasteiger charge is -2.35. The molecular formula is C17H26N2O. The SMILES string of the molecule is CCNC(CN1CC2CCC(C1)O2)c1ccc(C)cc1. The lowest BCUT2D eigenvalue weighted by molar-refractivity contribution is -0.0407. The van der Waals surface area contributed by atoms with Crippen molar-refractivity contribution in [3.05, 3.63) is 35.4 Å². The van der Waals surface area contributed by atoms with Crippen LogP contribution in [0.15, 0.2) is 24.3 Å². The summed E-state index contributed by atoms with van der Waals surface area (Å²) in [6.45, 7) is 8.63. The van der Waals surface area contributed by atoms with Gasteiger partial charge in [0.2, 0.25) is 0 Å². The van der Waals surface area contributed by atoms with Crippen LogP contribution in [0.4, 0.5) is 0 Å². The summed E-state index contributed by atoms with van der Waals surface area (Å²) in [6.07, 6.45) is 3.46. The molecule has 20 heavy (non-hydrogen) atoms. The lowest BCUT2D eigenvalue weighted by atomic mass is 10.0. The molecule has 2 heterocycles. The molecule has 3 unspecified atom stereocenters. The summed E-state index contributed by atoms with van der Waals surface area (Å²) in [7, 11) is 0. The Hall–Kier alpha value is -0.900. The van der Waals surface area contributed by atoms with E-state index in [9.17, 15) is 0 Å². The van der Waals surface area contributed by atoms with Crippen LogP contribution in [0.25, 0.3) is 0 Å². The average molecular weight is 274 g/mol. The number of likely N-dealkylation sites (tertiary alicyclic amines) is 1. The van der Waals surface area contributed by atoms with Crippen molar-refractivity contribution in [2.24, 2.45) is 0 Å². The van der Waals surface area contributed by atoms with Crippen LogP contribution in [-0.4, -0.2) is 43.3 Å². The minimum atomic E-state index is 0.429. The summed E-state index contributed by atoms with van der Waals surface area (Å²) in [6, 6.07) is 9.37.